The Bertz CT molecular complexity index is 417. The summed E-state index contributed by atoms with van der Waals surface area (Å²) in [5, 5.41) is 8.68. The molecular weight excluding hydrogens is 247 g/mol. The maximum absolute atomic E-state index is 12.8. The third-order valence-corrected chi connectivity index (χ3v) is 2.46. The van der Waals surface area contributed by atoms with Gasteiger partial charge < -0.3 is 9.84 Å². The number of hydrogen-bond acceptors (Lipinski definition) is 3. The highest BCUT2D eigenvalue weighted by Crippen LogP contribution is 2.36. The fourth-order valence-electron chi connectivity index (χ4n) is 1.56. The Hall–Kier alpha value is -1.30. The van der Waals surface area contributed by atoms with E-state index in [0.717, 1.165) is 6.07 Å². The number of hydrogen-bond donors (Lipinski definition) is 1. The molecule has 1 heterocycles. The molecule has 1 rings (SSSR count). The number of aromatic nitrogens is 1. The number of ether oxygens (including phenoxy) is 1. The van der Waals surface area contributed by atoms with E-state index < -0.39 is 11.7 Å². The van der Waals surface area contributed by atoms with Crippen LogP contribution in [0, 0.1) is 6.92 Å². The van der Waals surface area contributed by atoms with E-state index in [0.29, 0.717) is 5.56 Å². The van der Waals surface area contributed by atoms with Crippen molar-refractivity contribution in [2.24, 2.45) is 0 Å². The molecule has 0 radical (unpaired) electrons. The zero-order valence-electron chi connectivity index (χ0n) is 10.5. The van der Waals surface area contributed by atoms with Crippen LogP contribution in [-0.2, 0) is 6.18 Å². The highest BCUT2D eigenvalue weighted by atomic mass is 19.4. The lowest BCUT2D eigenvalue weighted by atomic mass is 10.0. The van der Waals surface area contributed by atoms with Gasteiger partial charge in [0.15, 0.2) is 0 Å². The molecule has 3 nitrogen and oxygen atoms in total. The Morgan fingerprint density at radius 2 is 2.00 bits per heavy atom. The van der Waals surface area contributed by atoms with Crippen LogP contribution in [0.5, 0.6) is 5.88 Å². The molecule has 0 spiro atoms. The van der Waals surface area contributed by atoms with Gasteiger partial charge in [0.2, 0.25) is 5.88 Å². The Morgan fingerprint density at radius 1 is 1.39 bits per heavy atom. The van der Waals surface area contributed by atoms with Gasteiger partial charge in [0.1, 0.15) is 6.61 Å². The van der Waals surface area contributed by atoms with Crippen LogP contribution < -0.4 is 4.74 Å². The number of aliphatic hydroxyl groups excluding tert-OH is 1. The van der Waals surface area contributed by atoms with Gasteiger partial charge in [-0.3, -0.25) is 0 Å². The van der Waals surface area contributed by atoms with Crippen molar-refractivity contribution in [2.75, 3.05) is 13.2 Å². The summed E-state index contributed by atoms with van der Waals surface area (Å²) in [5.41, 5.74) is -0.483. The average molecular weight is 263 g/mol. The molecule has 0 bridgehead atoms. The summed E-state index contributed by atoms with van der Waals surface area (Å²) >= 11 is 0. The smallest absolute Gasteiger partial charge is 0.418 e. The minimum Gasteiger partial charge on any atom is -0.475 e. The van der Waals surface area contributed by atoms with Gasteiger partial charge >= 0.3 is 6.18 Å². The van der Waals surface area contributed by atoms with Crippen LogP contribution in [0.15, 0.2) is 6.07 Å². The monoisotopic (exact) mass is 263 g/mol. The Labute approximate surface area is 104 Å². The first kappa shape index (κ1) is 14.8. The lowest BCUT2D eigenvalue weighted by Gasteiger charge is -2.17. The van der Waals surface area contributed by atoms with E-state index in [2.05, 4.69) is 4.98 Å². The minimum absolute atomic E-state index is 0.0114. The van der Waals surface area contributed by atoms with Gasteiger partial charge in [-0.2, -0.15) is 13.2 Å². The maximum Gasteiger partial charge on any atom is 0.418 e. The van der Waals surface area contributed by atoms with E-state index in [1.165, 1.54) is 6.92 Å². The summed E-state index contributed by atoms with van der Waals surface area (Å²) in [6, 6.07) is 1.07. The zero-order valence-corrected chi connectivity index (χ0v) is 10.5. The van der Waals surface area contributed by atoms with Crippen LogP contribution in [0.3, 0.4) is 0 Å². The largest absolute Gasteiger partial charge is 0.475 e. The lowest BCUT2D eigenvalue weighted by Crippen LogP contribution is -2.13. The number of rotatable bonds is 4. The van der Waals surface area contributed by atoms with Gasteiger partial charge in [-0.1, -0.05) is 13.8 Å². The maximum atomic E-state index is 12.8. The van der Waals surface area contributed by atoms with Gasteiger partial charge in [-0.15, -0.1) is 0 Å². The molecule has 0 atom stereocenters. The Balaban J connectivity index is 3.26. The van der Waals surface area contributed by atoms with Crippen LogP contribution in [0.1, 0.15) is 36.6 Å². The summed E-state index contributed by atoms with van der Waals surface area (Å²) in [7, 11) is 0. The molecule has 0 aliphatic heterocycles. The predicted molar refractivity (Wildman–Crippen MR) is 60.6 cm³/mol. The van der Waals surface area contributed by atoms with E-state index >= 15 is 0 Å². The van der Waals surface area contributed by atoms with Gasteiger partial charge in [0.25, 0.3) is 0 Å². The van der Waals surface area contributed by atoms with Crippen molar-refractivity contribution < 1.29 is 23.0 Å². The van der Waals surface area contributed by atoms with E-state index in [4.69, 9.17) is 9.84 Å². The van der Waals surface area contributed by atoms with Crippen LogP contribution >= 0.6 is 0 Å². The quantitative estimate of drug-likeness (QED) is 0.908. The normalized spacial score (nSPS) is 12.0. The second-order valence-corrected chi connectivity index (χ2v) is 4.24. The van der Waals surface area contributed by atoms with Crippen molar-refractivity contribution in [1.29, 1.82) is 0 Å². The van der Waals surface area contributed by atoms with Crippen molar-refractivity contribution in [2.45, 2.75) is 32.9 Å². The number of aliphatic hydroxyl groups is 1. The van der Waals surface area contributed by atoms with E-state index in [9.17, 15) is 13.2 Å². The molecule has 0 saturated carbocycles. The summed E-state index contributed by atoms with van der Waals surface area (Å²) in [4.78, 5) is 3.84. The molecule has 1 aromatic rings. The first-order chi connectivity index (χ1) is 8.27. The standard InChI is InChI=1S/C12H16F3NO2/c1-7(2)9-6-10(12(13,14)15)8(3)16-11(9)18-5-4-17/h6-7,17H,4-5H2,1-3H3. The van der Waals surface area contributed by atoms with E-state index in [1.807, 2.05) is 0 Å². The SMILES string of the molecule is Cc1nc(OCCO)c(C(C)C)cc1C(F)(F)F. The Kier molecular flexibility index (Phi) is 4.56. The van der Waals surface area contributed by atoms with Crippen molar-refractivity contribution in [3.63, 3.8) is 0 Å². The number of alkyl halides is 3. The fourth-order valence-corrected chi connectivity index (χ4v) is 1.56. The molecule has 6 heteroatoms. The number of pyridine rings is 1. The topological polar surface area (TPSA) is 42.4 Å². The highest BCUT2D eigenvalue weighted by Gasteiger charge is 2.34. The molecule has 0 unspecified atom stereocenters. The second-order valence-electron chi connectivity index (χ2n) is 4.24. The minimum atomic E-state index is -4.42. The van der Waals surface area contributed by atoms with Gasteiger partial charge in [-0.25, -0.2) is 4.98 Å². The van der Waals surface area contributed by atoms with Gasteiger partial charge in [-0.05, 0) is 18.9 Å². The molecule has 18 heavy (non-hydrogen) atoms. The molecule has 0 aliphatic carbocycles. The molecule has 102 valence electrons. The van der Waals surface area contributed by atoms with E-state index in [1.54, 1.807) is 13.8 Å². The summed E-state index contributed by atoms with van der Waals surface area (Å²) in [6.07, 6.45) is -4.42. The third kappa shape index (κ3) is 3.35. The van der Waals surface area contributed by atoms with Crippen LogP contribution in [-0.4, -0.2) is 23.3 Å². The first-order valence-electron chi connectivity index (χ1n) is 5.59. The van der Waals surface area contributed by atoms with Crippen LogP contribution in [0.2, 0.25) is 0 Å². The van der Waals surface area contributed by atoms with Crippen molar-refractivity contribution in [3.05, 3.63) is 22.9 Å². The van der Waals surface area contributed by atoms with Gasteiger partial charge in [0, 0.05) is 5.56 Å². The molecule has 0 aliphatic rings. The Morgan fingerprint density at radius 3 is 2.44 bits per heavy atom. The average Bonchev–Trinajstić information content (AvgIpc) is 2.23. The third-order valence-electron chi connectivity index (χ3n) is 2.46. The highest BCUT2D eigenvalue weighted by molar-refractivity contribution is 5.37. The van der Waals surface area contributed by atoms with Crippen molar-refractivity contribution >= 4 is 0 Å². The summed E-state index contributed by atoms with van der Waals surface area (Å²) < 4.78 is 43.4. The molecule has 1 N–H and O–H groups in total. The number of halogens is 3. The number of nitrogens with zero attached hydrogens (tertiary/aromatic N) is 1. The molecule has 1 aromatic heterocycles. The first-order valence-corrected chi connectivity index (χ1v) is 5.59. The predicted octanol–water partition coefficient (Wildman–Crippen LogP) is 2.90. The zero-order chi connectivity index (χ0) is 13.9. The van der Waals surface area contributed by atoms with Crippen molar-refractivity contribution in [1.82, 2.24) is 4.98 Å². The molecule has 0 aromatic carbocycles. The van der Waals surface area contributed by atoms with Crippen LogP contribution in [0.4, 0.5) is 13.2 Å². The lowest BCUT2D eigenvalue weighted by molar-refractivity contribution is -0.138. The molecule has 0 saturated heterocycles. The molecule has 0 fully saturated rings. The summed E-state index contributed by atoms with van der Waals surface area (Å²) in [6.45, 7) is 4.62. The fraction of sp³-hybridized carbons (Fsp3) is 0.583. The van der Waals surface area contributed by atoms with Crippen LogP contribution in [0.25, 0.3) is 0 Å². The molecular formula is C12H16F3NO2. The van der Waals surface area contributed by atoms with Gasteiger partial charge in [0.05, 0.1) is 17.9 Å². The van der Waals surface area contributed by atoms with E-state index in [-0.39, 0.29) is 30.7 Å². The van der Waals surface area contributed by atoms with Crippen molar-refractivity contribution in [3.8, 4) is 5.88 Å². The molecule has 0 amide bonds. The number of aryl methyl sites for hydroxylation is 1. The second kappa shape index (κ2) is 5.56. The summed E-state index contributed by atoms with van der Waals surface area (Å²) in [5.74, 6) is 0.0115.